The number of ether oxygens (including phenoxy) is 2. The van der Waals surface area contributed by atoms with Gasteiger partial charge in [0, 0.05) is 0 Å². The molecule has 0 heterocycles. The molecule has 2 atom stereocenters. The molecule has 0 aromatic heterocycles. The van der Waals surface area contributed by atoms with E-state index in [-0.39, 0.29) is 16.9 Å². The zero-order valence-electron chi connectivity index (χ0n) is 13.1. The lowest BCUT2D eigenvalue weighted by Crippen LogP contribution is -2.23. The minimum absolute atomic E-state index is 0.150. The molecule has 7 heteroatoms. The first-order valence-electron chi connectivity index (χ1n) is 6.65. The lowest BCUT2D eigenvalue weighted by Gasteiger charge is -2.06. The van der Waals surface area contributed by atoms with Gasteiger partial charge in [0.2, 0.25) is 0 Å². The Labute approximate surface area is 133 Å². The number of halogens is 1. The molecular weight excluding hydrogens is 344 g/mol. The van der Waals surface area contributed by atoms with E-state index in [1.165, 1.54) is 6.92 Å². The number of alkyl halides is 1. The van der Waals surface area contributed by atoms with E-state index in [0.717, 1.165) is 0 Å². The molecule has 0 aliphatic rings. The average molecular weight is 367 g/mol. The number of carbonyl (C=O) groups excluding carboxylic acids is 4. The third-order valence-electron chi connectivity index (χ3n) is 2.50. The number of ketones is 2. The van der Waals surface area contributed by atoms with Crippen molar-refractivity contribution in [3.8, 4) is 0 Å². The second kappa shape index (κ2) is 12.5. The van der Waals surface area contributed by atoms with E-state index in [2.05, 4.69) is 25.4 Å². The molecule has 0 aliphatic heterocycles. The molecule has 0 spiro atoms. The Hall–Kier alpha value is -1.24. The Morgan fingerprint density at radius 1 is 0.905 bits per heavy atom. The first-order chi connectivity index (χ1) is 9.72. The summed E-state index contributed by atoms with van der Waals surface area (Å²) in [4.78, 5) is 43.1. The monoisotopic (exact) mass is 366 g/mol. The third kappa shape index (κ3) is 10.2. The van der Waals surface area contributed by atoms with Crippen molar-refractivity contribution < 1.29 is 28.7 Å². The second-order valence-corrected chi connectivity index (χ2v) is 4.72. The van der Waals surface area contributed by atoms with Crippen LogP contribution in [0.15, 0.2) is 0 Å². The summed E-state index contributed by atoms with van der Waals surface area (Å²) in [7, 11) is 0. The molecule has 0 bridgehead atoms. The van der Waals surface area contributed by atoms with Crippen LogP contribution in [0, 0.1) is 11.8 Å². The Morgan fingerprint density at radius 2 is 1.29 bits per heavy atom. The van der Waals surface area contributed by atoms with Gasteiger partial charge in [-0.15, -0.1) is 0 Å². The molecular formula is C14H23BrO6. The molecule has 0 aliphatic carbocycles. The van der Waals surface area contributed by atoms with Gasteiger partial charge in [-0.3, -0.25) is 19.2 Å². The van der Waals surface area contributed by atoms with E-state index >= 15 is 0 Å². The van der Waals surface area contributed by atoms with E-state index in [1.807, 2.05) is 0 Å². The van der Waals surface area contributed by atoms with Crippen LogP contribution in [0.1, 0.15) is 34.6 Å². The van der Waals surface area contributed by atoms with Crippen LogP contribution in [-0.2, 0) is 28.7 Å². The highest BCUT2D eigenvalue weighted by molar-refractivity contribution is 9.09. The second-order valence-electron chi connectivity index (χ2n) is 4.16. The van der Waals surface area contributed by atoms with Crippen LogP contribution in [0.5, 0.6) is 0 Å². The predicted octanol–water partition coefficient (Wildman–Crippen LogP) is 1.92. The number of hydrogen-bond donors (Lipinski definition) is 0. The van der Waals surface area contributed by atoms with Crippen LogP contribution in [0.2, 0.25) is 0 Å². The molecule has 21 heavy (non-hydrogen) atoms. The molecule has 0 rings (SSSR count). The quantitative estimate of drug-likeness (QED) is 0.388. The molecule has 0 saturated carbocycles. The summed E-state index contributed by atoms with van der Waals surface area (Å²) in [6.45, 7) is 8.53. The molecule has 0 fully saturated rings. The number of rotatable bonds is 7. The fourth-order valence-corrected chi connectivity index (χ4v) is 1.43. The minimum Gasteiger partial charge on any atom is -0.465 e. The SMILES string of the molecule is CCOC(=O)C(C)C(=O)CBr.CCOC(=O)C(C)C(C)=O. The molecule has 6 nitrogen and oxygen atoms in total. The van der Waals surface area contributed by atoms with Gasteiger partial charge in [-0.05, 0) is 34.6 Å². The first kappa shape index (κ1) is 22.0. The molecule has 122 valence electrons. The fourth-order valence-electron chi connectivity index (χ4n) is 0.948. The van der Waals surface area contributed by atoms with E-state index in [4.69, 9.17) is 0 Å². The molecule has 2 unspecified atom stereocenters. The largest absolute Gasteiger partial charge is 0.465 e. The summed E-state index contributed by atoms with van der Waals surface area (Å²) in [6.07, 6.45) is 0. The number of carbonyl (C=O) groups is 4. The van der Waals surface area contributed by atoms with Crippen molar-refractivity contribution in [1.82, 2.24) is 0 Å². The zero-order chi connectivity index (χ0) is 17.0. The lowest BCUT2D eigenvalue weighted by atomic mass is 10.1. The number of hydrogen-bond acceptors (Lipinski definition) is 6. The minimum atomic E-state index is -0.644. The Balaban J connectivity index is 0. The van der Waals surface area contributed by atoms with E-state index < -0.39 is 23.8 Å². The maximum atomic E-state index is 10.9. The first-order valence-corrected chi connectivity index (χ1v) is 7.77. The van der Waals surface area contributed by atoms with Gasteiger partial charge >= 0.3 is 11.9 Å². The summed E-state index contributed by atoms with van der Waals surface area (Å²) in [5.41, 5.74) is 0. The van der Waals surface area contributed by atoms with Crippen LogP contribution in [0.4, 0.5) is 0 Å². The maximum Gasteiger partial charge on any atom is 0.316 e. The van der Waals surface area contributed by atoms with Gasteiger partial charge in [0.1, 0.15) is 17.6 Å². The van der Waals surface area contributed by atoms with Gasteiger partial charge in [-0.2, -0.15) is 0 Å². The zero-order valence-corrected chi connectivity index (χ0v) is 14.7. The van der Waals surface area contributed by atoms with Gasteiger partial charge in [0.05, 0.1) is 18.5 Å². The Kier molecular flexibility index (Phi) is 13.1. The molecule has 0 N–H and O–H groups in total. The Morgan fingerprint density at radius 3 is 1.57 bits per heavy atom. The van der Waals surface area contributed by atoms with Gasteiger partial charge in [-0.1, -0.05) is 15.9 Å². The molecule has 0 amide bonds. The average Bonchev–Trinajstić information content (AvgIpc) is 2.45. The van der Waals surface area contributed by atoms with Crippen molar-refractivity contribution in [2.75, 3.05) is 18.5 Å². The van der Waals surface area contributed by atoms with E-state index in [9.17, 15) is 19.2 Å². The van der Waals surface area contributed by atoms with Crippen LogP contribution < -0.4 is 0 Å². The van der Waals surface area contributed by atoms with E-state index in [0.29, 0.717) is 13.2 Å². The third-order valence-corrected chi connectivity index (χ3v) is 3.06. The topological polar surface area (TPSA) is 86.7 Å². The van der Waals surface area contributed by atoms with Crippen LogP contribution >= 0.6 is 15.9 Å². The van der Waals surface area contributed by atoms with Crippen LogP contribution in [0.3, 0.4) is 0 Å². The van der Waals surface area contributed by atoms with Gasteiger partial charge in [-0.25, -0.2) is 0 Å². The van der Waals surface area contributed by atoms with Crippen molar-refractivity contribution in [2.45, 2.75) is 34.6 Å². The summed E-state index contributed by atoms with van der Waals surface area (Å²) in [5.74, 6) is -2.44. The van der Waals surface area contributed by atoms with Gasteiger partial charge in [0.15, 0.2) is 5.78 Å². The summed E-state index contributed by atoms with van der Waals surface area (Å²) in [5, 5.41) is 0.201. The molecule has 0 radical (unpaired) electrons. The normalized spacial score (nSPS) is 12.3. The van der Waals surface area contributed by atoms with Crippen molar-refractivity contribution in [2.24, 2.45) is 11.8 Å². The van der Waals surface area contributed by atoms with E-state index in [1.54, 1.807) is 27.7 Å². The predicted molar refractivity (Wildman–Crippen MR) is 81.1 cm³/mol. The lowest BCUT2D eigenvalue weighted by molar-refractivity contribution is -0.151. The van der Waals surface area contributed by atoms with Crippen molar-refractivity contribution in [3.05, 3.63) is 0 Å². The standard InChI is InChI=1S/C7H11BrO3.C7H12O3/c1-3-11-7(10)5(2)6(9)4-8;1-4-10-7(9)5(2)6(3)8/h5H,3-4H2,1-2H3;5H,4H2,1-3H3. The summed E-state index contributed by atoms with van der Waals surface area (Å²) < 4.78 is 9.25. The molecule has 0 aromatic carbocycles. The van der Waals surface area contributed by atoms with Gasteiger partial charge < -0.3 is 9.47 Å². The number of esters is 2. The maximum absolute atomic E-state index is 10.9. The summed E-state index contributed by atoms with van der Waals surface area (Å²) >= 11 is 2.98. The summed E-state index contributed by atoms with van der Waals surface area (Å²) in [6, 6.07) is 0. The molecule has 0 aromatic rings. The van der Waals surface area contributed by atoms with Crippen molar-refractivity contribution in [1.29, 1.82) is 0 Å². The van der Waals surface area contributed by atoms with Crippen LogP contribution in [0.25, 0.3) is 0 Å². The fraction of sp³-hybridized carbons (Fsp3) is 0.714. The van der Waals surface area contributed by atoms with Crippen LogP contribution in [-0.4, -0.2) is 42.0 Å². The number of Topliss-reactive ketones (excluding diaryl/α,β-unsaturated/α-hetero) is 2. The highest BCUT2D eigenvalue weighted by atomic mass is 79.9. The highest BCUT2D eigenvalue weighted by Gasteiger charge is 2.20. The Bertz CT molecular complexity index is 366. The highest BCUT2D eigenvalue weighted by Crippen LogP contribution is 2.02. The van der Waals surface area contributed by atoms with Crippen molar-refractivity contribution in [3.63, 3.8) is 0 Å². The molecule has 0 saturated heterocycles. The van der Waals surface area contributed by atoms with Gasteiger partial charge in [0.25, 0.3) is 0 Å². The van der Waals surface area contributed by atoms with Crippen molar-refractivity contribution >= 4 is 39.4 Å². The smallest absolute Gasteiger partial charge is 0.316 e.